The van der Waals surface area contributed by atoms with Crippen LogP contribution in [0.2, 0.25) is 0 Å². The Morgan fingerprint density at radius 3 is 2.00 bits per heavy atom. The van der Waals surface area contributed by atoms with Crippen molar-refractivity contribution >= 4 is 0 Å². The SMILES string of the molecule is C.C=CC#N. The molecule has 0 aromatic carbocycles. The van der Waals surface area contributed by atoms with Crippen LogP contribution in [0.25, 0.3) is 0 Å². The fourth-order valence-electron chi connectivity index (χ4n) is 0. The maximum Gasteiger partial charge on any atom is 0.0905 e. The first-order valence-corrected chi connectivity index (χ1v) is 0.921. The molecule has 0 aromatic rings. The zero-order valence-electron chi connectivity index (χ0n) is 2.23. The smallest absolute Gasteiger partial charge is 0.0905 e. The van der Waals surface area contributed by atoms with Gasteiger partial charge in [0.1, 0.15) is 0 Å². The minimum atomic E-state index is 0. The quantitative estimate of drug-likeness (QED) is 0.394. The van der Waals surface area contributed by atoms with E-state index in [0.29, 0.717) is 0 Å². The van der Waals surface area contributed by atoms with Crippen molar-refractivity contribution in [2.24, 2.45) is 0 Å². The normalized spacial score (nSPS) is 3.00. The molecule has 0 aromatic heterocycles. The summed E-state index contributed by atoms with van der Waals surface area (Å²) in [6.45, 7) is 3.12. The van der Waals surface area contributed by atoms with Gasteiger partial charge in [-0.25, -0.2) is 0 Å². The van der Waals surface area contributed by atoms with Gasteiger partial charge < -0.3 is 0 Å². The summed E-state index contributed by atoms with van der Waals surface area (Å²) in [5.74, 6) is 0. The Morgan fingerprint density at radius 1 is 1.80 bits per heavy atom. The Kier molecular flexibility index (Phi) is 18.8. The van der Waals surface area contributed by atoms with Gasteiger partial charge in [0.05, 0.1) is 6.07 Å². The predicted molar refractivity (Wildman–Crippen MR) is 22.5 cm³/mol. The molecule has 0 N–H and O–H groups in total. The maximum absolute atomic E-state index is 7.51. The van der Waals surface area contributed by atoms with E-state index in [1.54, 1.807) is 6.07 Å². The highest BCUT2D eigenvalue weighted by atomic mass is 14.2. The van der Waals surface area contributed by atoms with Crippen LogP contribution in [-0.2, 0) is 0 Å². The van der Waals surface area contributed by atoms with E-state index in [1.807, 2.05) is 0 Å². The molecule has 1 nitrogen and oxygen atoms in total. The summed E-state index contributed by atoms with van der Waals surface area (Å²) in [6.07, 6.45) is 1.18. The number of hydrogen-bond donors (Lipinski definition) is 0. The minimum Gasteiger partial charge on any atom is -0.193 e. The van der Waals surface area contributed by atoms with Crippen molar-refractivity contribution < 1.29 is 0 Å². The van der Waals surface area contributed by atoms with E-state index in [0.717, 1.165) is 0 Å². The molecule has 0 fully saturated rings. The van der Waals surface area contributed by atoms with Gasteiger partial charge >= 0.3 is 0 Å². The van der Waals surface area contributed by atoms with E-state index in [1.165, 1.54) is 6.08 Å². The van der Waals surface area contributed by atoms with Gasteiger partial charge in [-0.05, 0) is 0 Å². The summed E-state index contributed by atoms with van der Waals surface area (Å²) in [5.41, 5.74) is 0. The van der Waals surface area contributed by atoms with Gasteiger partial charge in [0.2, 0.25) is 0 Å². The van der Waals surface area contributed by atoms with Crippen LogP contribution in [0.4, 0.5) is 0 Å². The summed E-state index contributed by atoms with van der Waals surface area (Å²) < 4.78 is 0. The minimum absolute atomic E-state index is 0. The van der Waals surface area contributed by atoms with E-state index < -0.39 is 0 Å². The Balaban J connectivity index is 0. The molecule has 0 heterocycles. The third-order valence-corrected chi connectivity index (χ3v) is 0.0913. The van der Waals surface area contributed by atoms with E-state index in [4.69, 9.17) is 5.26 Å². The van der Waals surface area contributed by atoms with Crippen LogP contribution >= 0.6 is 0 Å². The molecule has 1 heteroatoms. The van der Waals surface area contributed by atoms with E-state index in [9.17, 15) is 0 Å². The number of allylic oxidation sites excluding steroid dienone is 1. The fraction of sp³-hybridized carbons (Fsp3) is 0.250. The van der Waals surface area contributed by atoms with Gasteiger partial charge in [-0.15, -0.1) is 0 Å². The second kappa shape index (κ2) is 10.6. The van der Waals surface area contributed by atoms with Crippen molar-refractivity contribution in [3.8, 4) is 6.07 Å². The zero-order chi connectivity index (χ0) is 3.41. The van der Waals surface area contributed by atoms with Gasteiger partial charge in [-0.2, -0.15) is 5.26 Å². The Morgan fingerprint density at radius 2 is 2.00 bits per heavy atom. The van der Waals surface area contributed by atoms with Crippen LogP contribution in [0.5, 0.6) is 0 Å². The molecular weight excluding hydrogens is 62.1 g/mol. The average Bonchev–Trinajstić information content (AvgIpc) is 1.37. The third kappa shape index (κ3) is 92.4. The van der Waals surface area contributed by atoms with Crippen molar-refractivity contribution in [1.29, 1.82) is 5.26 Å². The van der Waals surface area contributed by atoms with Gasteiger partial charge in [0.25, 0.3) is 0 Å². The molecule has 0 rings (SSSR count). The van der Waals surface area contributed by atoms with E-state index in [2.05, 4.69) is 6.58 Å². The molecular formula is C4H7N. The van der Waals surface area contributed by atoms with E-state index >= 15 is 0 Å². The largest absolute Gasteiger partial charge is 0.193 e. The van der Waals surface area contributed by atoms with Crippen LogP contribution in [0.3, 0.4) is 0 Å². The molecule has 0 atom stereocenters. The molecule has 5 heavy (non-hydrogen) atoms. The summed E-state index contributed by atoms with van der Waals surface area (Å²) >= 11 is 0. The molecule has 0 saturated heterocycles. The summed E-state index contributed by atoms with van der Waals surface area (Å²) in [6, 6.07) is 1.69. The standard InChI is InChI=1S/C3H3N.CH4/c1-2-3-4;/h2H,1H2;1H4. The summed E-state index contributed by atoms with van der Waals surface area (Å²) in [7, 11) is 0. The lowest BCUT2D eigenvalue weighted by Gasteiger charge is -1.31. The number of hydrogen-bond acceptors (Lipinski definition) is 1. The Labute approximate surface area is 32.5 Å². The molecule has 0 amide bonds. The van der Waals surface area contributed by atoms with Crippen LogP contribution in [-0.4, -0.2) is 0 Å². The van der Waals surface area contributed by atoms with Crippen LogP contribution in [0.15, 0.2) is 12.7 Å². The lowest BCUT2D eigenvalue weighted by Crippen LogP contribution is -1.23. The Bertz CT molecular complexity index is 49.2. The first-order valence-electron chi connectivity index (χ1n) is 0.921. The average molecular weight is 69.1 g/mol. The van der Waals surface area contributed by atoms with Crippen LogP contribution in [0.1, 0.15) is 7.43 Å². The summed E-state index contributed by atoms with van der Waals surface area (Å²) in [4.78, 5) is 0. The first-order chi connectivity index (χ1) is 1.91. The maximum atomic E-state index is 7.51. The van der Waals surface area contributed by atoms with Crippen molar-refractivity contribution in [3.05, 3.63) is 12.7 Å². The predicted octanol–water partition coefficient (Wildman–Crippen LogP) is 1.33. The molecule has 0 radical (unpaired) electrons. The molecule has 0 saturated carbocycles. The van der Waals surface area contributed by atoms with Gasteiger partial charge in [-0.1, -0.05) is 14.0 Å². The highest BCUT2D eigenvalue weighted by molar-refractivity contribution is 4.93. The van der Waals surface area contributed by atoms with Gasteiger partial charge in [0, 0.05) is 6.08 Å². The molecule has 0 aliphatic rings. The Hall–Kier alpha value is -0.770. The second-order valence-electron chi connectivity index (χ2n) is 0.333. The highest BCUT2D eigenvalue weighted by Crippen LogP contribution is 1.41. The fourth-order valence-corrected chi connectivity index (χ4v) is 0. The molecule has 0 bridgehead atoms. The number of rotatable bonds is 0. The summed E-state index contributed by atoms with van der Waals surface area (Å²) in [5, 5.41) is 7.51. The van der Waals surface area contributed by atoms with Crippen molar-refractivity contribution in [2.45, 2.75) is 7.43 Å². The monoisotopic (exact) mass is 69.1 g/mol. The lowest BCUT2D eigenvalue weighted by molar-refractivity contribution is 1.54. The van der Waals surface area contributed by atoms with Crippen molar-refractivity contribution in [1.82, 2.24) is 0 Å². The highest BCUT2D eigenvalue weighted by Gasteiger charge is 1.34. The molecule has 0 unspecified atom stereocenters. The van der Waals surface area contributed by atoms with Crippen molar-refractivity contribution in [3.63, 3.8) is 0 Å². The topological polar surface area (TPSA) is 23.8 Å². The van der Waals surface area contributed by atoms with Gasteiger partial charge in [-0.3, -0.25) is 0 Å². The number of nitriles is 1. The molecule has 0 spiro atoms. The van der Waals surface area contributed by atoms with Crippen molar-refractivity contribution in [2.75, 3.05) is 0 Å². The first kappa shape index (κ1) is 8.87. The molecule has 28 valence electrons. The lowest BCUT2D eigenvalue weighted by atomic mass is 10.8. The van der Waals surface area contributed by atoms with Crippen LogP contribution in [0, 0.1) is 11.3 Å². The molecule has 0 aliphatic heterocycles. The van der Waals surface area contributed by atoms with E-state index in [-0.39, 0.29) is 7.43 Å². The van der Waals surface area contributed by atoms with Gasteiger partial charge in [0.15, 0.2) is 0 Å². The second-order valence-corrected chi connectivity index (χ2v) is 0.333. The molecule has 0 aliphatic carbocycles. The zero-order valence-corrected chi connectivity index (χ0v) is 2.23. The third-order valence-electron chi connectivity index (χ3n) is 0.0913. The van der Waals surface area contributed by atoms with Crippen LogP contribution < -0.4 is 0 Å². The number of nitrogens with zero attached hydrogens (tertiary/aromatic N) is 1.